The summed E-state index contributed by atoms with van der Waals surface area (Å²) in [5.74, 6) is 2.68. The van der Waals surface area contributed by atoms with E-state index < -0.39 is 0 Å². The van der Waals surface area contributed by atoms with Crippen LogP contribution in [0.1, 0.15) is 32.1 Å². The lowest BCUT2D eigenvalue weighted by Gasteiger charge is -2.29. The van der Waals surface area contributed by atoms with E-state index in [0.717, 1.165) is 36.9 Å². The third-order valence-electron chi connectivity index (χ3n) is 3.91. The fraction of sp³-hybridized carbons (Fsp3) is 0.733. The van der Waals surface area contributed by atoms with Crippen LogP contribution in [-0.4, -0.2) is 38.8 Å². The molecule has 1 aliphatic heterocycles. The van der Waals surface area contributed by atoms with Gasteiger partial charge in [0.15, 0.2) is 11.5 Å². The van der Waals surface area contributed by atoms with Gasteiger partial charge in [-0.15, -0.1) is 0 Å². The topological polar surface area (TPSA) is 21.7 Å². The Balaban J connectivity index is 1.69. The molecule has 0 aromatic rings. The van der Waals surface area contributed by atoms with Crippen LogP contribution in [0.25, 0.3) is 0 Å². The molecule has 0 N–H and O–H groups in total. The number of ether oxygens (including phenoxy) is 2. The molecule has 102 valence electrons. The van der Waals surface area contributed by atoms with Gasteiger partial charge in [-0.3, -0.25) is 0 Å². The van der Waals surface area contributed by atoms with E-state index in [0.29, 0.717) is 0 Å². The number of allylic oxidation sites excluding steroid dienone is 2. The molecule has 0 saturated carbocycles. The van der Waals surface area contributed by atoms with Crippen LogP contribution < -0.4 is 0 Å². The molecule has 2 rings (SSSR count). The molecule has 0 unspecified atom stereocenters. The fourth-order valence-corrected chi connectivity index (χ4v) is 2.63. The average Bonchev–Trinajstić information content (AvgIpc) is 2.41. The summed E-state index contributed by atoms with van der Waals surface area (Å²) in [7, 11) is 3.92. The first-order chi connectivity index (χ1) is 8.79. The summed E-state index contributed by atoms with van der Waals surface area (Å²) in [6.45, 7) is 3.29. The second-order valence-corrected chi connectivity index (χ2v) is 5.30. The lowest BCUT2D eigenvalue weighted by Crippen LogP contribution is -2.30. The van der Waals surface area contributed by atoms with Crippen LogP contribution in [0.15, 0.2) is 23.7 Å². The van der Waals surface area contributed by atoms with Crippen molar-refractivity contribution in [2.24, 2.45) is 5.92 Å². The van der Waals surface area contributed by atoms with Crippen LogP contribution in [-0.2, 0) is 9.47 Å². The minimum Gasteiger partial charge on any atom is -0.493 e. The Morgan fingerprint density at radius 1 is 1.17 bits per heavy atom. The van der Waals surface area contributed by atoms with Crippen molar-refractivity contribution in [3.05, 3.63) is 23.7 Å². The van der Waals surface area contributed by atoms with E-state index in [1.807, 2.05) is 0 Å². The monoisotopic (exact) mass is 251 g/mol. The summed E-state index contributed by atoms with van der Waals surface area (Å²) >= 11 is 0. The molecule has 0 amide bonds. The molecule has 0 aromatic heterocycles. The van der Waals surface area contributed by atoms with Gasteiger partial charge in [-0.1, -0.05) is 0 Å². The van der Waals surface area contributed by atoms with Crippen molar-refractivity contribution in [3.63, 3.8) is 0 Å². The number of hydrogen-bond donors (Lipinski definition) is 0. The van der Waals surface area contributed by atoms with Gasteiger partial charge in [-0.25, -0.2) is 0 Å². The highest BCUT2D eigenvalue weighted by molar-refractivity contribution is 5.23. The molecule has 0 radical (unpaired) electrons. The summed E-state index contributed by atoms with van der Waals surface area (Å²) < 4.78 is 11.2. The van der Waals surface area contributed by atoms with Gasteiger partial charge >= 0.3 is 0 Å². The molecule has 1 saturated heterocycles. The average molecular weight is 251 g/mol. The van der Waals surface area contributed by atoms with Crippen molar-refractivity contribution >= 4 is 0 Å². The van der Waals surface area contributed by atoms with Gasteiger partial charge in [0, 0.05) is 0 Å². The molecule has 3 nitrogen and oxygen atoms in total. The largest absolute Gasteiger partial charge is 0.493 e. The van der Waals surface area contributed by atoms with Crippen molar-refractivity contribution in [3.8, 4) is 0 Å². The minimum atomic E-state index is 0.820. The van der Waals surface area contributed by atoms with Gasteiger partial charge in [0.1, 0.15) is 0 Å². The van der Waals surface area contributed by atoms with Gasteiger partial charge in [0.2, 0.25) is 0 Å². The van der Waals surface area contributed by atoms with Gasteiger partial charge < -0.3 is 14.4 Å². The van der Waals surface area contributed by atoms with E-state index in [-0.39, 0.29) is 0 Å². The van der Waals surface area contributed by atoms with Gasteiger partial charge in [-0.2, -0.15) is 0 Å². The van der Waals surface area contributed by atoms with Crippen molar-refractivity contribution < 1.29 is 9.47 Å². The Labute approximate surface area is 110 Å². The van der Waals surface area contributed by atoms with Crippen molar-refractivity contribution in [1.82, 2.24) is 4.90 Å². The fourth-order valence-electron chi connectivity index (χ4n) is 2.63. The lowest BCUT2D eigenvalue weighted by atomic mass is 9.94. The van der Waals surface area contributed by atoms with Gasteiger partial charge in [0.25, 0.3) is 0 Å². The normalized spacial score (nSPS) is 22.3. The van der Waals surface area contributed by atoms with E-state index in [9.17, 15) is 0 Å². The summed E-state index contributed by atoms with van der Waals surface area (Å²) in [6.07, 6.45) is 10.2. The third kappa shape index (κ3) is 3.77. The first-order valence-corrected chi connectivity index (χ1v) is 7.05. The molecule has 2 aliphatic rings. The second kappa shape index (κ2) is 6.83. The maximum Gasteiger partial charge on any atom is 0.156 e. The standard InChI is InChI=1S/C15H25NO2/c1-16-10-7-13(8-11-16)9-12-18-15-6-4-3-5-14(15)17-2/h5-6,13H,3-4,7-12H2,1-2H3. The van der Waals surface area contributed by atoms with Gasteiger partial charge in [-0.05, 0) is 70.3 Å². The quantitative estimate of drug-likeness (QED) is 0.750. The first-order valence-electron chi connectivity index (χ1n) is 7.05. The Hall–Kier alpha value is -0.960. The van der Waals surface area contributed by atoms with E-state index in [2.05, 4.69) is 24.1 Å². The molecule has 1 heterocycles. The molecule has 1 aliphatic carbocycles. The van der Waals surface area contributed by atoms with Crippen molar-refractivity contribution in [1.29, 1.82) is 0 Å². The number of rotatable bonds is 5. The van der Waals surface area contributed by atoms with Crippen LogP contribution >= 0.6 is 0 Å². The minimum absolute atomic E-state index is 0.820. The highest BCUT2D eigenvalue weighted by atomic mass is 16.5. The molecular formula is C15H25NO2. The Morgan fingerprint density at radius 3 is 2.50 bits per heavy atom. The maximum absolute atomic E-state index is 5.87. The number of nitrogens with zero attached hydrogens (tertiary/aromatic N) is 1. The zero-order valence-corrected chi connectivity index (χ0v) is 11.7. The van der Waals surface area contributed by atoms with E-state index in [1.54, 1.807) is 7.11 Å². The van der Waals surface area contributed by atoms with Gasteiger partial charge in [0.05, 0.1) is 13.7 Å². The number of hydrogen-bond acceptors (Lipinski definition) is 3. The van der Waals surface area contributed by atoms with E-state index in [1.165, 1.54) is 32.4 Å². The maximum atomic E-state index is 5.87. The van der Waals surface area contributed by atoms with Crippen LogP contribution in [0.3, 0.4) is 0 Å². The molecule has 0 bridgehead atoms. The summed E-state index contributed by atoms with van der Waals surface area (Å²) in [5.41, 5.74) is 0. The predicted octanol–water partition coefficient (Wildman–Crippen LogP) is 2.94. The molecular weight excluding hydrogens is 226 g/mol. The predicted molar refractivity (Wildman–Crippen MR) is 73.2 cm³/mol. The van der Waals surface area contributed by atoms with E-state index >= 15 is 0 Å². The Morgan fingerprint density at radius 2 is 1.83 bits per heavy atom. The highest BCUT2D eigenvalue weighted by Gasteiger charge is 2.17. The highest BCUT2D eigenvalue weighted by Crippen LogP contribution is 2.23. The number of likely N-dealkylation sites (tertiary alicyclic amines) is 1. The Kier molecular flexibility index (Phi) is 5.12. The zero-order chi connectivity index (χ0) is 12.8. The smallest absolute Gasteiger partial charge is 0.156 e. The van der Waals surface area contributed by atoms with Crippen molar-refractivity contribution in [2.45, 2.75) is 32.1 Å². The third-order valence-corrected chi connectivity index (χ3v) is 3.91. The zero-order valence-electron chi connectivity index (χ0n) is 11.7. The molecule has 3 heteroatoms. The second-order valence-electron chi connectivity index (χ2n) is 5.30. The molecule has 0 aromatic carbocycles. The molecule has 18 heavy (non-hydrogen) atoms. The van der Waals surface area contributed by atoms with E-state index in [4.69, 9.17) is 9.47 Å². The Bertz CT molecular complexity index is 314. The first kappa shape index (κ1) is 13.5. The van der Waals surface area contributed by atoms with Crippen LogP contribution in [0.4, 0.5) is 0 Å². The number of piperidine rings is 1. The van der Waals surface area contributed by atoms with Crippen molar-refractivity contribution in [2.75, 3.05) is 33.9 Å². The van der Waals surface area contributed by atoms with Crippen LogP contribution in [0.2, 0.25) is 0 Å². The number of methoxy groups -OCH3 is 1. The molecule has 0 spiro atoms. The van der Waals surface area contributed by atoms with Crippen LogP contribution in [0.5, 0.6) is 0 Å². The lowest BCUT2D eigenvalue weighted by molar-refractivity contribution is 0.138. The van der Waals surface area contributed by atoms with Crippen LogP contribution in [0, 0.1) is 5.92 Å². The summed E-state index contributed by atoms with van der Waals surface area (Å²) in [5, 5.41) is 0. The summed E-state index contributed by atoms with van der Waals surface area (Å²) in [4.78, 5) is 2.41. The SMILES string of the molecule is COC1=CCCC=C1OCCC1CCN(C)CC1. The molecule has 1 fully saturated rings. The summed E-state index contributed by atoms with van der Waals surface area (Å²) in [6, 6.07) is 0. The molecule has 0 atom stereocenters.